The van der Waals surface area contributed by atoms with Gasteiger partial charge in [0.25, 0.3) is 0 Å². The van der Waals surface area contributed by atoms with E-state index < -0.39 is 5.97 Å². The lowest BCUT2D eigenvalue weighted by Gasteiger charge is -2.34. The minimum absolute atomic E-state index is 0.113. The highest BCUT2D eigenvalue weighted by Gasteiger charge is 2.29. The molecule has 4 nitrogen and oxygen atoms in total. The predicted octanol–water partition coefficient (Wildman–Crippen LogP) is 6.45. The third-order valence-electron chi connectivity index (χ3n) is 6.57. The van der Waals surface area contributed by atoms with E-state index in [9.17, 15) is 9.59 Å². The van der Waals surface area contributed by atoms with E-state index in [4.69, 9.17) is 5.11 Å². The van der Waals surface area contributed by atoms with Crippen molar-refractivity contribution < 1.29 is 14.7 Å². The van der Waals surface area contributed by atoms with Crippen molar-refractivity contribution in [2.45, 2.75) is 83.5 Å². The molecule has 2 aliphatic carbocycles. The minimum atomic E-state index is -0.782. The van der Waals surface area contributed by atoms with Gasteiger partial charge in [0.05, 0.1) is 6.42 Å². The molecule has 1 aliphatic heterocycles. The Morgan fingerprint density at radius 3 is 2.53 bits per heavy atom. The fraction of sp³-hybridized carbons (Fsp3) is 0.708. The van der Waals surface area contributed by atoms with Gasteiger partial charge < -0.3 is 10.4 Å². The molecule has 166 valence electrons. The summed E-state index contributed by atoms with van der Waals surface area (Å²) in [6.07, 6.45) is 19.1. The van der Waals surface area contributed by atoms with Crippen LogP contribution in [0.2, 0.25) is 0 Å². The molecule has 1 heterocycles. The molecule has 0 aromatic heterocycles. The summed E-state index contributed by atoms with van der Waals surface area (Å²) >= 11 is 3.00. The van der Waals surface area contributed by atoms with E-state index in [0.29, 0.717) is 24.0 Å². The highest BCUT2D eigenvalue weighted by atomic mass is 32.2. The van der Waals surface area contributed by atoms with Gasteiger partial charge in [-0.15, -0.1) is 11.8 Å². The molecule has 0 spiro atoms. The average molecular weight is 450 g/mol. The number of carboxylic acids is 1. The zero-order valence-corrected chi connectivity index (χ0v) is 19.5. The van der Waals surface area contributed by atoms with E-state index in [1.54, 1.807) is 0 Å². The quantitative estimate of drug-likeness (QED) is 0.375. The molecule has 0 aromatic carbocycles. The van der Waals surface area contributed by atoms with E-state index in [1.807, 2.05) is 12.2 Å². The number of aliphatic carboxylic acids is 1. The number of rotatable bonds is 10. The van der Waals surface area contributed by atoms with Crippen molar-refractivity contribution in [1.29, 1.82) is 0 Å². The van der Waals surface area contributed by atoms with Crippen LogP contribution in [0.5, 0.6) is 0 Å². The first-order valence-electron chi connectivity index (χ1n) is 11.6. The SMILES string of the molecule is O=C(O)CCSC1=CC=C=C(NC(=O)C[C@@H](CC2CCCCC2)C2CCCCC2)S1. The van der Waals surface area contributed by atoms with Crippen LogP contribution in [0.3, 0.4) is 0 Å². The van der Waals surface area contributed by atoms with Gasteiger partial charge in [-0.05, 0) is 36.3 Å². The molecule has 1 amide bonds. The molecule has 0 radical (unpaired) electrons. The van der Waals surface area contributed by atoms with Gasteiger partial charge in [-0.25, -0.2) is 0 Å². The molecule has 0 bridgehead atoms. The molecule has 0 saturated heterocycles. The topological polar surface area (TPSA) is 66.4 Å². The minimum Gasteiger partial charge on any atom is -0.481 e. The van der Waals surface area contributed by atoms with Gasteiger partial charge in [0.2, 0.25) is 5.91 Å². The van der Waals surface area contributed by atoms with Gasteiger partial charge in [-0.2, -0.15) is 0 Å². The molecule has 3 rings (SSSR count). The maximum Gasteiger partial charge on any atom is 0.304 e. The number of carbonyl (C=O) groups excluding carboxylic acids is 1. The molecule has 1 atom stereocenters. The third kappa shape index (κ3) is 8.20. The Balaban J connectivity index is 1.50. The van der Waals surface area contributed by atoms with Crippen molar-refractivity contribution in [3.63, 3.8) is 0 Å². The zero-order valence-electron chi connectivity index (χ0n) is 17.9. The second-order valence-electron chi connectivity index (χ2n) is 8.87. The third-order valence-corrected chi connectivity index (χ3v) is 8.77. The summed E-state index contributed by atoms with van der Waals surface area (Å²) in [5.74, 6) is 1.89. The lowest BCUT2D eigenvalue weighted by atomic mass is 9.72. The molecule has 2 fully saturated rings. The Hall–Kier alpha value is -1.10. The summed E-state index contributed by atoms with van der Waals surface area (Å²) in [5, 5.41) is 12.6. The first-order valence-corrected chi connectivity index (χ1v) is 13.4. The van der Waals surface area contributed by atoms with Crippen LogP contribution in [0.25, 0.3) is 0 Å². The lowest BCUT2D eigenvalue weighted by Crippen LogP contribution is -2.29. The lowest BCUT2D eigenvalue weighted by molar-refractivity contribution is -0.136. The van der Waals surface area contributed by atoms with E-state index in [-0.39, 0.29) is 12.3 Å². The molecular formula is C24H35NO3S2. The monoisotopic (exact) mass is 449 g/mol. The first kappa shape index (κ1) is 23.6. The summed E-state index contributed by atoms with van der Waals surface area (Å²) in [6.45, 7) is 0. The van der Waals surface area contributed by atoms with Crippen LogP contribution in [0.4, 0.5) is 0 Å². The first-order chi connectivity index (χ1) is 14.6. The van der Waals surface area contributed by atoms with Crippen molar-refractivity contribution in [3.8, 4) is 0 Å². The molecule has 6 heteroatoms. The Morgan fingerprint density at radius 2 is 1.83 bits per heavy atom. The summed E-state index contributed by atoms with van der Waals surface area (Å²) in [7, 11) is 0. The molecule has 0 unspecified atom stereocenters. The highest BCUT2D eigenvalue weighted by Crippen LogP contribution is 2.39. The standard InChI is InChI=1S/C24H35NO3S2/c26-21(25-22-12-7-13-24(30-22)29-15-14-23(27)28)17-20(19-10-5-2-6-11-19)16-18-8-3-1-4-9-18/h7,13,18-20H,1-6,8-11,14-17H2,(H,25,26)(H,27,28)/t20-/m1/s1. The van der Waals surface area contributed by atoms with Crippen molar-refractivity contribution in [1.82, 2.24) is 5.32 Å². The zero-order chi connectivity index (χ0) is 21.2. The van der Waals surface area contributed by atoms with Crippen LogP contribution in [-0.4, -0.2) is 22.7 Å². The number of allylic oxidation sites excluding steroid dienone is 2. The number of amides is 1. The molecule has 2 N–H and O–H groups in total. The maximum absolute atomic E-state index is 12.9. The second kappa shape index (κ2) is 12.7. The summed E-state index contributed by atoms with van der Waals surface area (Å²) in [5.41, 5.74) is 3.13. The Kier molecular flexibility index (Phi) is 9.96. The Morgan fingerprint density at radius 1 is 1.13 bits per heavy atom. The smallest absolute Gasteiger partial charge is 0.304 e. The normalized spacial score (nSPS) is 21.6. The summed E-state index contributed by atoms with van der Waals surface area (Å²) in [6, 6.07) is 0. The molecule has 0 aromatic rings. The van der Waals surface area contributed by atoms with Gasteiger partial charge in [0.1, 0.15) is 5.03 Å². The highest BCUT2D eigenvalue weighted by molar-refractivity contribution is 8.24. The molecule has 2 saturated carbocycles. The van der Waals surface area contributed by atoms with Crippen LogP contribution in [0, 0.1) is 17.8 Å². The molecular weight excluding hydrogens is 414 g/mol. The van der Waals surface area contributed by atoms with Gasteiger partial charge in [0, 0.05) is 16.4 Å². The van der Waals surface area contributed by atoms with E-state index in [1.165, 1.54) is 94.2 Å². The largest absolute Gasteiger partial charge is 0.481 e. The maximum atomic E-state index is 12.9. The van der Waals surface area contributed by atoms with Crippen LogP contribution in [0.1, 0.15) is 83.5 Å². The van der Waals surface area contributed by atoms with Gasteiger partial charge in [0.15, 0.2) is 0 Å². The van der Waals surface area contributed by atoms with Gasteiger partial charge >= 0.3 is 5.97 Å². The van der Waals surface area contributed by atoms with E-state index >= 15 is 0 Å². The summed E-state index contributed by atoms with van der Waals surface area (Å²) < 4.78 is 1.01. The number of carbonyl (C=O) groups is 2. The molecule has 3 aliphatic rings. The Bertz CT molecular complexity index is 685. The number of hydrogen-bond donors (Lipinski definition) is 2. The van der Waals surface area contributed by atoms with Crippen molar-refractivity contribution in [3.05, 3.63) is 27.1 Å². The number of thioether (sulfide) groups is 2. The molecule has 30 heavy (non-hydrogen) atoms. The number of hydrogen-bond acceptors (Lipinski definition) is 4. The fourth-order valence-corrected chi connectivity index (χ4v) is 7.05. The number of carboxylic acid groups (broad SMARTS) is 1. The van der Waals surface area contributed by atoms with E-state index in [2.05, 4.69) is 11.0 Å². The average Bonchev–Trinajstić information content (AvgIpc) is 2.75. The van der Waals surface area contributed by atoms with Gasteiger partial charge in [-0.3, -0.25) is 9.59 Å². The summed E-state index contributed by atoms with van der Waals surface area (Å²) in [4.78, 5) is 23.6. The van der Waals surface area contributed by atoms with Crippen molar-refractivity contribution in [2.24, 2.45) is 17.8 Å². The van der Waals surface area contributed by atoms with Crippen LogP contribution in [0.15, 0.2) is 27.1 Å². The fourth-order valence-electron chi connectivity index (χ4n) is 5.04. The van der Waals surface area contributed by atoms with Gasteiger partial charge in [-0.1, -0.05) is 81.7 Å². The van der Waals surface area contributed by atoms with E-state index in [0.717, 1.165) is 15.2 Å². The Labute approximate surface area is 189 Å². The number of nitrogens with one attached hydrogen (secondary N) is 1. The van der Waals surface area contributed by atoms with Crippen LogP contribution in [-0.2, 0) is 9.59 Å². The second-order valence-corrected chi connectivity index (χ2v) is 11.3. The van der Waals surface area contributed by atoms with Crippen molar-refractivity contribution >= 4 is 35.4 Å². The van der Waals surface area contributed by atoms with Crippen LogP contribution < -0.4 is 5.32 Å². The van der Waals surface area contributed by atoms with Crippen LogP contribution >= 0.6 is 23.5 Å². The van der Waals surface area contributed by atoms with Crippen molar-refractivity contribution in [2.75, 3.05) is 5.75 Å². The predicted molar refractivity (Wildman–Crippen MR) is 126 cm³/mol.